The molecule has 0 aliphatic heterocycles. The number of nitrogens with zero attached hydrogens (tertiary/aromatic N) is 2. The summed E-state index contributed by atoms with van der Waals surface area (Å²) in [5.74, 6) is 1.55. The average Bonchev–Trinajstić information content (AvgIpc) is 2.86. The lowest BCUT2D eigenvalue weighted by molar-refractivity contribution is 0.401. The zero-order valence-electron chi connectivity index (χ0n) is 10.6. The van der Waals surface area contributed by atoms with Crippen LogP contribution in [-0.2, 0) is 6.42 Å². The number of hydrogen-bond acceptors (Lipinski definition) is 4. The lowest BCUT2D eigenvalue weighted by Gasteiger charge is -2.13. The fourth-order valence-electron chi connectivity index (χ4n) is 1.86. The van der Waals surface area contributed by atoms with Crippen molar-refractivity contribution in [2.24, 2.45) is 5.73 Å². The number of imidazole rings is 1. The van der Waals surface area contributed by atoms with Gasteiger partial charge in [0.2, 0.25) is 0 Å². The third kappa shape index (κ3) is 2.31. The molecular formula is C13H17N3O2. The highest BCUT2D eigenvalue weighted by Crippen LogP contribution is 2.28. The predicted molar refractivity (Wildman–Crippen MR) is 69.4 cm³/mol. The smallest absolute Gasteiger partial charge is 0.143 e. The van der Waals surface area contributed by atoms with Crippen molar-refractivity contribution < 1.29 is 9.47 Å². The van der Waals surface area contributed by atoms with E-state index >= 15 is 0 Å². The Morgan fingerprint density at radius 3 is 2.78 bits per heavy atom. The molecule has 2 N–H and O–H groups in total. The average molecular weight is 247 g/mol. The lowest BCUT2D eigenvalue weighted by Crippen LogP contribution is -2.08. The van der Waals surface area contributed by atoms with E-state index in [0.29, 0.717) is 6.54 Å². The summed E-state index contributed by atoms with van der Waals surface area (Å²) < 4.78 is 12.6. The molecule has 18 heavy (non-hydrogen) atoms. The van der Waals surface area contributed by atoms with Crippen LogP contribution in [0.15, 0.2) is 30.7 Å². The minimum Gasteiger partial charge on any atom is -0.497 e. The van der Waals surface area contributed by atoms with E-state index in [2.05, 4.69) is 4.98 Å². The molecule has 2 aromatic rings. The number of nitrogens with two attached hydrogens (primary N) is 1. The van der Waals surface area contributed by atoms with E-state index in [4.69, 9.17) is 15.2 Å². The normalized spacial score (nSPS) is 10.4. The van der Waals surface area contributed by atoms with Gasteiger partial charge in [0.1, 0.15) is 11.5 Å². The van der Waals surface area contributed by atoms with Gasteiger partial charge >= 0.3 is 0 Å². The molecule has 5 nitrogen and oxygen atoms in total. The monoisotopic (exact) mass is 247 g/mol. The minimum absolute atomic E-state index is 0.581. The summed E-state index contributed by atoms with van der Waals surface area (Å²) >= 11 is 0. The number of benzene rings is 1. The van der Waals surface area contributed by atoms with Gasteiger partial charge in [-0.15, -0.1) is 0 Å². The van der Waals surface area contributed by atoms with Crippen molar-refractivity contribution in [3.63, 3.8) is 0 Å². The third-order valence-corrected chi connectivity index (χ3v) is 2.76. The molecule has 0 radical (unpaired) electrons. The van der Waals surface area contributed by atoms with E-state index in [1.165, 1.54) is 0 Å². The van der Waals surface area contributed by atoms with Crippen molar-refractivity contribution in [2.75, 3.05) is 20.8 Å². The van der Waals surface area contributed by atoms with Gasteiger partial charge in [-0.2, -0.15) is 0 Å². The Hall–Kier alpha value is -2.01. The standard InChI is InChI=1S/C13H17N3O2/c1-17-11-3-4-13(18-2)12(7-11)16-9-15-8-10(16)5-6-14/h3-4,7-9H,5-6,14H2,1-2H3. The van der Waals surface area contributed by atoms with Gasteiger partial charge in [0.05, 0.1) is 26.2 Å². The molecular weight excluding hydrogens is 230 g/mol. The molecule has 2 rings (SSSR count). The summed E-state index contributed by atoms with van der Waals surface area (Å²) in [5.41, 5.74) is 7.54. The summed E-state index contributed by atoms with van der Waals surface area (Å²) in [7, 11) is 3.28. The van der Waals surface area contributed by atoms with E-state index in [-0.39, 0.29) is 0 Å². The van der Waals surface area contributed by atoms with E-state index in [0.717, 1.165) is 29.3 Å². The summed E-state index contributed by atoms with van der Waals surface area (Å²) in [6, 6.07) is 5.66. The fraction of sp³-hybridized carbons (Fsp3) is 0.308. The van der Waals surface area contributed by atoms with Crippen LogP contribution < -0.4 is 15.2 Å². The number of methoxy groups -OCH3 is 2. The van der Waals surface area contributed by atoms with Crippen molar-refractivity contribution in [1.29, 1.82) is 0 Å². The largest absolute Gasteiger partial charge is 0.497 e. The zero-order valence-corrected chi connectivity index (χ0v) is 10.6. The Morgan fingerprint density at radius 1 is 1.28 bits per heavy atom. The molecule has 0 aliphatic rings. The Labute approximate surface area is 106 Å². The second-order valence-electron chi connectivity index (χ2n) is 3.83. The Kier molecular flexibility index (Phi) is 3.84. The van der Waals surface area contributed by atoms with Crippen molar-refractivity contribution in [3.05, 3.63) is 36.4 Å². The second-order valence-corrected chi connectivity index (χ2v) is 3.83. The Morgan fingerprint density at radius 2 is 2.11 bits per heavy atom. The molecule has 0 bridgehead atoms. The van der Waals surface area contributed by atoms with E-state index in [1.54, 1.807) is 20.5 Å². The highest BCUT2D eigenvalue weighted by Gasteiger charge is 2.10. The number of ether oxygens (including phenoxy) is 2. The molecule has 0 spiro atoms. The predicted octanol–water partition coefficient (Wildman–Crippen LogP) is 1.39. The molecule has 1 heterocycles. The quantitative estimate of drug-likeness (QED) is 0.867. The topological polar surface area (TPSA) is 62.3 Å². The zero-order chi connectivity index (χ0) is 13.0. The van der Waals surface area contributed by atoms with Crippen LogP contribution in [0.3, 0.4) is 0 Å². The maximum atomic E-state index is 5.60. The number of rotatable bonds is 5. The third-order valence-electron chi connectivity index (χ3n) is 2.76. The maximum absolute atomic E-state index is 5.60. The van der Waals surface area contributed by atoms with Gasteiger partial charge in [0, 0.05) is 24.4 Å². The van der Waals surface area contributed by atoms with Crippen molar-refractivity contribution in [3.8, 4) is 17.2 Å². The summed E-state index contributed by atoms with van der Waals surface area (Å²) in [5, 5.41) is 0. The van der Waals surface area contributed by atoms with E-state index in [9.17, 15) is 0 Å². The van der Waals surface area contributed by atoms with Crippen LogP contribution in [-0.4, -0.2) is 30.3 Å². The lowest BCUT2D eigenvalue weighted by atomic mass is 10.2. The molecule has 1 aromatic heterocycles. The maximum Gasteiger partial charge on any atom is 0.143 e. The van der Waals surface area contributed by atoms with E-state index in [1.807, 2.05) is 29.0 Å². The first kappa shape index (κ1) is 12.4. The number of hydrogen-bond donors (Lipinski definition) is 1. The molecule has 0 unspecified atom stereocenters. The molecule has 0 atom stereocenters. The SMILES string of the molecule is COc1ccc(OC)c(-n2cncc2CCN)c1. The van der Waals surface area contributed by atoms with Gasteiger partial charge in [-0.05, 0) is 18.7 Å². The van der Waals surface area contributed by atoms with Crippen molar-refractivity contribution >= 4 is 0 Å². The summed E-state index contributed by atoms with van der Waals surface area (Å²) in [6.45, 7) is 0.581. The van der Waals surface area contributed by atoms with Crippen molar-refractivity contribution in [1.82, 2.24) is 9.55 Å². The van der Waals surface area contributed by atoms with Crippen LogP contribution in [0, 0.1) is 0 Å². The van der Waals surface area contributed by atoms with Gasteiger partial charge in [-0.1, -0.05) is 0 Å². The fourth-order valence-corrected chi connectivity index (χ4v) is 1.86. The summed E-state index contributed by atoms with van der Waals surface area (Å²) in [4.78, 5) is 4.16. The first-order chi connectivity index (χ1) is 8.80. The second kappa shape index (κ2) is 5.55. The van der Waals surface area contributed by atoms with Crippen molar-refractivity contribution in [2.45, 2.75) is 6.42 Å². The van der Waals surface area contributed by atoms with Gasteiger partial charge in [0.15, 0.2) is 0 Å². The highest BCUT2D eigenvalue weighted by atomic mass is 16.5. The molecule has 0 saturated heterocycles. The molecule has 96 valence electrons. The van der Waals surface area contributed by atoms with Gasteiger partial charge in [-0.25, -0.2) is 4.98 Å². The molecule has 1 aromatic carbocycles. The van der Waals surface area contributed by atoms with Gasteiger partial charge < -0.3 is 15.2 Å². The van der Waals surface area contributed by atoms with Crippen LogP contribution >= 0.6 is 0 Å². The molecule has 0 fully saturated rings. The van der Waals surface area contributed by atoms with E-state index < -0.39 is 0 Å². The van der Waals surface area contributed by atoms with Crippen LogP contribution in [0.2, 0.25) is 0 Å². The van der Waals surface area contributed by atoms with Gasteiger partial charge in [-0.3, -0.25) is 4.57 Å². The first-order valence-electron chi connectivity index (χ1n) is 5.74. The van der Waals surface area contributed by atoms with Crippen LogP contribution in [0.1, 0.15) is 5.69 Å². The number of aromatic nitrogens is 2. The molecule has 0 amide bonds. The molecule has 5 heteroatoms. The Balaban J connectivity index is 2.50. The molecule has 0 saturated carbocycles. The molecule has 0 aliphatic carbocycles. The highest BCUT2D eigenvalue weighted by molar-refractivity contribution is 5.52. The van der Waals surface area contributed by atoms with Crippen LogP contribution in [0.25, 0.3) is 5.69 Å². The van der Waals surface area contributed by atoms with Crippen LogP contribution in [0.4, 0.5) is 0 Å². The van der Waals surface area contributed by atoms with Crippen LogP contribution in [0.5, 0.6) is 11.5 Å². The van der Waals surface area contributed by atoms with Gasteiger partial charge in [0.25, 0.3) is 0 Å². The first-order valence-corrected chi connectivity index (χ1v) is 5.74. The minimum atomic E-state index is 0.581. The Bertz CT molecular complexity index is 523. The summed E-state index contributed by atoms with van der Waals surface area (Å²) in [6.07, 6.45) is 4.33.